The lowest BCUT2D eigenvalue weighted by atomic mass is 10.1. The van der Waals surface area contributed by atoms with Gasteiger partial charge in [0.25, 0.3) is 0 Å². The van der Waals surface area contributed by atoms with Crippen molar-refractivity contribution in [1.29, 1.82) is 0 Å². The van der Waals surface area contributed by atoms with E-state index in [0.29, 0.717) is 0 Å². The summed E-state index contributed by atoms with van der Waals surface area (Å²) < 4.78 is 18.4. The first kappa shape index (κ1) is 20.2. The maximum absolute atomic E-state index is 13.2. The summed E-state index contributed by atoms with van der Waals surface area (Å²) in [7, 11) is 0. The lowest BCUT2D eigenvalue weighted by Crippen LogP contribution is -2.28. The second-order valence-electron chi connectivity index (χ2n) is 4.74. The van der Waals surface area contributed by atoms with E-state index in [-0.39, 0.29) is 12.4 Å². The fourth-order valence-corrected chi connectivity index (χ4v) is 0.977. The summed E-state index contributed by atoms with van der Waals surface area (Å²) >= 11 is 0. The molecule has 0 saturated carbocycles. The van der Waals surface area contributed by atoms with Gasteiger partial charge in [-0.3, -0.25) is 0 Å². The van der Waals surface area contributed by atoms with Crippen LogP contribution in [0.25, 0.3) is 0 Å². The Morgan fingerprint density at radius 2 is 1.68 bits per heavy atom. The second-order valence-corrected chi connectivity index (χ2v) is 4.74. The molecule has 1 rings (SSSR count). The number of aryl methyl sites for hydroxylation is 1. The lowest BCUT2D eigenvalue weighted by Gasteiger charge is -2.18. The molecule has 0 radical (unpaired) electrons. The molecule has 0 aromatic heterocycles. The molecular formula is C16H29FO2. The molecule has 0 amide bonds. The van der Waals surface area contributed by atoms with Crippen molar-refractivity contribution in [2.24, 2.45) is 0 Å². The molecule has 1 aromatic carbocycles. The molecule has 0 aliphatic heterocycles. The fourth-order valence-electron chi connectivity index (χ4n) is 0.977. The van der Waals surface area contributed by atoms with Crippen LogP contribution in [0.3, 0.4) is 0 Å². The third kappa shape index (κ3) is 11.7. The molecule has 112 valence electrons. The molecule has 19 heavy (non-hydrogen) atoms. The predicted octanol–water partition coefficient (Wildman–Crippen LogP) is 4.73. The molecule has 0 unspecified atom stereocenters. The Bertz CT molecular complexity index is 330. The summed E-state index contributed by atoms with van der Waals surface area (Å²) in [4.78, 5) is 0. The Labute approximate surface area is 117 Å². The van der Waals surface area contributed by atoms with E-state index in [1.165, 1.54) is 12.5 Å². The van der Waals surface area contributed by atoms with Crippen LogP contribution in [0.1, 0.15) is 53.5 Å². The van der Waals surface area contributed by atoms with E-state index in [2.05, 4.69) is 13.8 Å². The Balaban J connectivity index is 0. The highest BCUT2D eigenvalue weighted by Crippen LogP contribution is 2.19. The molecule has 0 aliphatic carbocycles. The number of benzene rings is 1. The predicted molar refractivity (Wildman–Crippen MR) is 80.2 cm³/mol. The summed E-state index contributed by atoms with van der Waals surface area (Å²) in [5.41, 5.74) is -0.102. The van der Waals surface area contributed by atoms with Crippen molar-refractivity contribution in [3.05, 3.63) is 29.6 Å². The SMILES string of the molecule is CC.CCC.Cc1ccc(OCC(C)(C)O)c(F)c1. The average molecular weight is 272 g/mol. The maximum atomic E-state index is 13.2. The first-order valence-electron chi connectivity index (χ1n) is 6.91. The van der Waals surface area contributed by atoms with Crippen LogP contribution in [0.15, 0.2) is 18.2 Å². The largest absolute Gasteiger partial charge is 0.488 e. The van der Waals surface area contributed by atoms with E-state index in [0.717, 1.165) is 5.56 Å². The first-order chi connectivity index (χ1) is 8.80. The van der Waals surface area contributed by atoms with Gasteiger partial charge < -0.3 is 9.84 Å². The fraction of sp³-hybridized carbons (Fsp3) is 0.625. The van der Waals surface area contributed by atoms with Gasteiger partial charge in [-0.2, -0.15) is 0 Å². The molecule has 0 heterocycles. The zero-order valence-electron chi connectivity index (χ0n) is 13.4. The van der Waals surface area contributed by atoms with Gasteiger partial charge in [-0.15, -0.1) is 0 Å². The standard InChI is InChI=1S/C11H15FO2.C3H8.C2H6/c1-8-4-5-10(9(12)6-8)14-7-11(2,3)13;1-3-2;1-2/h4-6,13H,7H2,1-3H3;3H2,1-2H3;1-2H3. The molecule has 1 aromatic rings. The summed E-state index contributed by atoms with van der Waals surface area (Å²) in [6.45, 7) is 13.4. The van der Waals surface area contributed by atoms with Gasteiger partial charge in [0.1, 0.15) is 6.61 Å². The minimum atomic E-state index is -0.947. The topological polar surface area (TPSA) is 29.5 Å². The van der Waals surface area contributed by atoms with Gasteiger partial charge >= 0.3 is 0 Å². The van der Waals surface area contributed by atoms with E-state index in [1.54, 1.807) is 26.0 Å². The monoisotopic (exact) mass is 272 g/mol. The number of ether oxygens (including phenoxy) is 1. The zero-order chi connectivity index (χ0) is 15.5. The molecule has 0 aliphatic rings. The molecule has 0 fully saturated rings. The van der Waals surface area contributed by atoms with Gasteiger partial charge in [0.05, 0.1) is 5.60 Å². The molecule has 3 heteroatoms. The van der Waals surface area contributed by atoms with Crippen LogP contribution >= 0.6 is 0 Å². The van der Waals surface area contributed by atoms with Crippen molar-refractivity contribution in [2.75, 3.05) is 6.61 Å². The van der Waals surface area contributed by atoms with Crippen LogP contribution in [-0.2, 0) is 0 Å². The Kier molecular flexibility index (Phi) is 11.5. The third-order valence-corrected chi connectivity index (χ3v) is 1.67. The van der Waals surface area contributed by atoms with Crippen molar-refractivity contribution in [1.82, 2.24) is 0 Å². The van der Waals surface area contributed by atoms with Crippen molar-refractivity contribution >= 4 is 0 Å². The highest BCUT2D eigenvalue weighted by Gasteiger charge is 2.14. The van der Waals surface area contributed by atoms with Gasteiger partial charge in [-0.1, -0.05) is 40.2 Å². The van der Waals surface area contributed by atoms with Crippen molar-refractivity contribution in [2.45, 2.75) is 60.5 Å². The van der Waals surface area contributed by atoms with Crippen molar-refractivity contribution in [3.8, 4) is 5.75 Å². The summed E-state index contributed by atoms with van der Waals surface area (Å²) in [5, 5.41) is 9.38. The van der Waals surface area contributed by atoms with E-state index >= 15 is 0 Å². The van der Waals surface area contributed by atoms with Crippen LogP contribution in [0, 0.1) is 12.7 Å². The number of hydrogen-bond acceptors (Lipinski definition) is 2. The highest BCUT2D eigenvalue weighted by atomic mass is 19.1. The molecule has 2 nitrogen and oxygen atoms in total. The van der Waals surface area contributed by atoms with Gasteiger partial charge in [-0.05, 0) is 38.5 Å². The van der Waals surface area contributed by atoms with Crippen molar-refractivity contribution < 1.29 is 14.2 Å². The van der Waals surface area contributed by atoms with E-state index in [9.17, 15) is 9.50 Å². The third-order valence-electron chi connectivity index (χ3n) is 1.67. The number of aliphatic hydroxyl groups is 1. The second kappa shape index (κ2) is 10.8. The minimum absolute atomic E-state index is 0.0764. The van der Waals surface area contributed by atoms with E-state index < -0.39 is 11.4 Å². The summed E-state index contributed by atoms with van der Waals surface area (Å²) in [6.07, 6.45) is 1.25. The van der Waals surface area contributed by atoms with Crippen LogP contribution in [0.5, 0.6) is 5.75 Å². The van der Waals surface area contributed by atoms with Crippen LogP contribution in [0.2, 0.25) is 0 Å². The highest BCUT2D eigenvalue weighted by molar-refractivity contribution is 5.28. The molecule has 0 spiro atoms. The normalized spacial score (nSPS) is 9.74. The molecule has 1 N–H and O–H groups in total. The maximum Gasteiger partial charge on any atom is 0.165 e. The van der Waals surface area contributed by atoms with Crippen molar-refractivity contribution in [3.63, 3.8) is 0 Å². The summed E-state index contributed by atoms with van der Waals surface area (Å²) in [5.74, 6) is -0.216. The zero-order valence-corrected chi connectivity index (χ0v) is 13.4. The minimum Gasteiger partial charge on any atom is -0.488 e. The summed E-state index contributed by atoms with van der Waals surface area (Å²) in [6, 6.07) is 4.74. The quantitative estimate of drug-likeness (QED) is 0.862. The van der Waals surface area contributed by atoms with Crippen LogP contribution in [0.4, 0.5) is 4.39 Å². The Morgan fingerprint density at radius 1 is 1.21 bits per heavy atom. The van der Waals surface area contributed by atoms with Gasteiger partial charge in [0.15, 0.2) is 11.6 Å². The number of hydrogen-bond donors (Lipinski definition) is 1. The average Bonchev–Trinajstić information content (AvgIpc) is 2.30. The number of rotatable bonds is 3. The van der Waals surface area contributed by atoms with Crippen LogP contribution in [-0.4, -0.2) is 17.3 Å². The Hall–Kier alpha value is -1.09. The van der Waals surface area contributed by atoms with Gasteiger partial charge in [0.2, 0.25) is 0 Å². The van der Waals surface area contributed by atoms with Gasteiger partial charge in [-0.25, -0.2) is 4.39 Å². The first-order valence-corrected chi connectivity index (χ1v) is 6.91. The molecule has 0 saturated heterocycles. The molecular weight excluding hydrogens is 243 g/mol. The van der Waals surface area contributed by atoms with E-state index in [1.807, 2.05) is 20.8 Å². The Morgan fingerprint density at radius 3 is 2.05 bits per heavy atom. The number of halogens is 1. The van der Waals surface area contributed by atoms with Gasteiger partial charge in [0, 0.05) is 0 Å². The van der Waals surface area contributed by atoms with Crippen LogP contribution < -0.4 is 4.74 Å². The smallest absolute Gasteiger partial charge is 0.165 e. The van der Waals surface area contributed by atoms with E-state index in [4.69, 9.17) is 4.74 Å². The lowest BCUT2D eigenvalue weighted by molar-refractivity contribution is 0.0272. The molecule has 0 atom stereocenters. The molecule has 0 bridgehead atoms.